The van der Waals surface area contributed by atoms with Gasteiger partial charge in [0, 0.05) is 34.9 Å². The molecule has 2 aromatic rings. The maximum absolute atomic E-state index is 13.2. The summed E-state index contributed by atoms with van der Waals surface area (Å²) in [6, 6.07) is 13.7. The number of benzene rings is 2. The van der Waals surface area contributed by atoms with E-state index < -0.39 is 11.8 Å². The van der Waals surface area contributed by atoms with Crippen molar-refractivity contribution in [2.24, 2.45) is 0 Å². The van der Waals surface area contributed by atoms with Crippen LogP contribution in [0.5, 0.6) is 0 Å². The first-order chi connectivity index (χ1) is 24.0. The monoisotopic (exact) mass is 882 g/mol. The first-order valence-electron chi connectivity index (χ1n) is 15.5. The Bertz CT molecular complexity index is 1620. The average Bonchev–Trinajstić information content (AvgIpc) is 3.54. The molecular weight excluding hydrogens is 852 g/mol. The topological polar surface area (TPSA) is 157 Å². The fraction of sp³-hybridized carbons (Fsp3) is 0.312. The van der Waals surface area contributed by atoms with E-state index in [0.29, 0.717) is 80.3 Å². The first-order valence-corrected chi connectivity index (χ1v) is 19.5. The van der Waals surface area contributed by atoms with Crippen molar-refractivity contribution in [3.8, 4) is 0 Å². The predicted molar refractivity (Wildman–Crippen MR) is 207 cm³/mol. The minimum atomic E-state index is -0.434. The van der Waals surface area contributed by atoms with E-state index in [1.807, 2.05) is 0 Å². The van der Waals surface area contributed by atoms with Crippen LogP contribution in [0.4, 0.5) is 0 Å². The first kappa shape index (κ1) is 39.6. The molecule has 6 amide bonds. The molecule has 2 aliphatic rings. The van der Waals surface area contributed by atoms with Gasteiger partial charge in [-0.3, -0.25) is 60.3 Å². The molecule has 0 atom stereocenters. The number of unbranched alkanes of at least 4 members (excludes halogenated alkanes) is 4. The summed E-state index contributed by atoms with van der Waals surface area (Å²) in [4.78, 5) is 78.7. The van der Waals surface area contributed by atoms with Crippen LogP contribution in [0, 0.1) is 0 Å². The molecule has 0 spiro atoms. The zero-order chi connectivity index (χ0) is 36.2. The van der Waals surface area contributed by atoms with Gasteiger partial charge in [0.05, 0.1) is 20.9 Å². The molecule has 2 aromatic carbocycles. The van der Waals surface area contributed by atoms with Gasteiger partial charge in [-0.05, 0) is 81.8 Å². The van der Waals surface area contributed by atoms with Crippen molar-refractivity contribution < 1.29 is 28.8 Å². The summed E-state index contributed by atoms with van der Waals surface area (Å²) < 4.78 is 1.94. The zero-order valence-corrected chi connectivity index (χ0v) is 32.9. The Morgan fingerprint density at radius 3 is 1.34 bits per heavy atom. The van der Waals surface area contributed by atoms with Crippen LogP contribution in [0.15, 0.2) is 67.3 Å². The van der Waals surface area contributed by atoms with E-state index in [2.05, 4.69) is 53.6 Å². The molecule has 2 heterocycles. The van der Waals surface area contributed by atoms with Crippen LogP contribution in [0.2, 0.25) is 0 Å². The summed E-state index contributed by atoms with van der Waals surface area (Å²) in [5.74, 6) is -2.22. The molecule has 2 aliphatic heterocycles. The third-order valence-electron chi connectivity index (χ3n) is 7.34. The van der Waals surface area contributed by atoms with E-state index >= 15 is 0 Å². The number of thioether (sulfide) groups is 2. The van der Waals surface area contributed by atoms with Gasteiger partial charge in [-0.25, -0.2) is 0 Å². The van der Waals surface area contributed by atoms with Crippen LogP contribution in [0.3, 0.4) is 0 Å². The van der Waals surface area contributed by atoms with Gasteiger partial charge in [-0.2, -0.15) is 0 Å². The van der Waals surface area contributed by atoms with Crippen molar-refractivity contribution >= 4 is 124 Å². The Kier molecular flexibility index (Phi) is 15.4. The molecule has 0 aliphatic carbocycles. The quantitative estimate of drug-likeness (QED) is 0.0829. The van der Waals surface area contributed by atoms with Gasteiger partial charge >= 0.3 is 0 Å². The van der Waals surface area contributed by atoms with Crippen LogP contribution >= 0.6 is 79.8 Å². The molecule has 0 aromatic heterocycles. The number of amides is 6. The Hall–Kier alpha value is -3.16. The second-order valence-electron chi connectivity index (χ2n) is 10.9. The van der Waals surface area contributed by atoms with Crippen molar-refractivity contribution in [3.63, 3.8) is 0 Å². The number of rotatable bonds is 14. The van der Waals surface area contributed by atoms with Crippen LogP contribution in [-0.4, -0.2) is 67.0 Å². The second-order valence-corrected chi connectivity index (χ2v) is 15.9. The van der Waals surface area contributed by atoms with Crippen molar-refractivity contribution in [3.05, 3.63) is 78.4 Å². The van der Waals surface area contributed by atoms with Gasteiger partial charge in [0.25, 0.3) is 23.6 Å². The molecule has 18 heteroatoms. The molecule has 4 rings (SSSR count). The van der Waals surface area contributed by atoms with E-state index in [4.69, 9.17) is 24.4 Å². The maximum Gasteiger partial charge on any atom is 0.270 e. The number of carbonyl (C=O) groups excluding carboxylic acids is 6. The number of carbonyl (C=O) groups is 6. The van der Waals surface area contributed by atoms with Gasteiger partial charge in [0.15, 0.2) is 0 Å². The Morgan fingerprint density at radius 2 is 0.960 bits per heavy atom. The smallest absolute Gasteiger partial charge is 0.270 e. The number of hydrazine groups is 2. The van der Waals surface area contributed by atoms with Crippen molar-refractivity contribution in [1.82, 2.24) is 31.5 Å². The number of thiocarbonyl (C=S) groups is 2. The van der Waals surface area contributed by atoms with Crippen molar-refractivity contribution in [1.29, 1.82) is 0 Å². The molecule has 50 heavy (non-hydrogen) atoms. The minimum absolute atomic E-state index is 0.190. The highest BCUT2D eigenvalue weighted by Crippen LogP contribution is 2.42. The molecule has 0 unspecified atom stereocenters. The number of nitrogens with one attached hydrogen (secondary N) is 4. The van der Waals surface area contributed by atoms with Gasteiger partial charge in [-0.1, -0.05) is 85.1 Å². The molecule has 0 radical (unpaired) electrons. The van der Waals surface area contributed by atoms with Crippen molar-refractivity contribution in [2.75, 3.05) is 13.1 Å². The van der Waals surface area contributed by atoms with Crippen LogP contribution in [-0.2, 0) is 19.2 Å². The SMILES string of the molecule is O=C(CCCCCN1C(=O)/C(=C2\SC(=S)N(CCCCCC(=O)NNC(=O)c3ccccc3Br)C2=O)SC1=S)NNC(=O)c1ccccc1Br. The molecule has 4 N–H and O–H groups in total. The summed E-state index contributed by atoms with van der Waals surface area (Å²) in [5, 5.41) is 0. The largest absolute Gasteiger partial charge is 0.293 e. The van der Waals surface area contributed by atoms with Crippen LogP contribution in [0.25, 0.3) is 0 Å². The summed E-state index contributed by atoms with van der Waals surface area (Å²) in [7, 11) is 0. The summed E-state index contributed by atoms with van der Waals surface area (Å²) in [6.07, 6.45) is 3.92. The van der Waals surface area contributed by atoms with E-state index in [1.165, 1.54) is 9.80 Å². The van der Waals surface area contributed by atoms with E-state index in [1.54, 1.807) is 48.5 Å². The molecule has 2 saturated heterocycles. The van der Waals surface area contributed by atoms with Crippen LogP contribution < -0.4 is 21.7 Å². The van der Waals surface area contributed by atoms with Crippen LogP contribution in [0.1, 0.15) is 72.1 Å². The average molecular weight is 885 g/mol. The molecule has 264 valence electrons. The Morgan fingerprint density at radius 1 is 0.580 bits per heavy atom. The standard InChI is InChI=1S/C32H32Br2N6O6S4/c33-21-13-7-5-11-19(21)27(43)37-35-23(41)15-3-1-9-17-39-29(45)25(49-31(39)47)26-30(46)40(32(48)50-26)18-10-2-4-16-24(42)36-38-28(44)20-12-6-8-14-22(20)34/h5-8,11-14H,1-4,9-10,15-18H2,(H,35,41)(H,36,42)(H,37,43)(H,38,44)/b26-25+. The lowest BCUT2D eigenvalue weighted by atomic mass is 10.2. The lowest BCUT2D eigenvalue weighted by Crippen LogP contribution is -2.41. The minimum Gasteiger partial charge on any atom is -0.293 e. The van der Waals surface area contributed by atoms with E-state index in [-0.39, 0.29) is 46.3 Å². The van der Waals surface area contributed by atoms with E-state index in [9.17, 15) is 28.8 Å². The second kappa shape index (κ2) is 19.4. The van der Waals surface area contributed by atoms with Gasteiger partial charge in [-0.15, -0.1) is 0 Å². The highest BCUT2D eigenvalue weighted by Gasteiger charge is 2.41. The lowest BCUT2D eigenvalue weighted by Gasteiger charge is -2.14. The zero-order valence-electron chi connectivity index (χ0n) is 26.4. The normalized spacial score (nSPS) is 15.8. The highest BCUT2D eigenvalue weighted by molar-refractivity contribution is 9.10. The molecule has 0 saturated carbocycles. The molecular formula is C32H32Br2N6O6S4. The summed E-state index contributed by atoms with van der Waals surface area (Å²) >= 11 is 19.6. The van der Waals surface area contributed by atoms with Gasteiger partial charge < -0.3 is 0 Å². The number of hydrogen-bond acceptors (Lipinski definition) is 10. The number of nitrogens with zero attached hydrogens (tertiary/aromatic N) is 2. The summed E-state index contributed by atoms with van der Waals surface area (Å²) in [6.45, 7) is 0.686. The number of halogens is 2. The third-order valence-corrected chi connectivity index (χ3v) is 11.8. The Labute approximate surface area is 324 Å². The van der Waals surface area contributed by atoms with E-state index in [0.717, 1.165) is 23.5 Å². The Balaban J connectivity index is 1.13. The third kappa shape index (κ3) is 10.9. The highest BCUT2D eigenvalue weighted by atomic mass is 79.9. The van der Waals surface area contributed by atoms with Crippen molar-refractivity contribution in [2.45, 2.75) is 51.4 Å². The molecule has 2 fully saturated rings. The molecule has 12 nitrogen and oxygen atoms in total. The summed E-state index contributed by atoms with van der Waals surface area (Å²) in [5.41, 5.74) is 10.4. The van der Waals surface area contributed by atoms with Gasteiger partial charge in [0.1, 0.15) is 8.64 Å². The maximum atomic E-state index is 13.2. The fourth-order valence-electron chi connectivity index (χ4n) is 4.72. The molecule has 0 bridgehead atoms. The predicted octanol–water partition coefficient (Wildman–Crippen LogP) is 5.49. The van der Waals surface area contributed by atoms with Gasteiger partial charge in [0.2, 0.25) is 11.8 Å². The fourth-order valence-corrected chi connectivity index (χ4v) is 8.42. The number of hydrogen-bond donors (Lipinski definition) is 4. The lowest BCUT2D eigenvalue weighted by molar-refractivity contribution is -0.124.